The molecule has 0 amide bonds. The Hall–Kier alpha value is -0.120. The van der Waals surface area contributed by atoms with Gasteiger partial charge in [0.2, 0.25) is 0 Å². The van der Waals surface area contributed by atoms with Crippen LogP contribution in [0, 0.1) is 11.8 Å². The van der Waals surface area contributed by atoms with Crippen molar-refractivity contribution >= 4 is 0 Å². The molecule has 18 heavy (non-hydrogen) atoms. The number of nitrogens with one attached hydrogen (secondary N) is 1. The molecule has 2 aliphatic rings. The van der Waals surface area contributed by atoms with Gasteiger partial charge in [0, 0.05) is 0 Å². The van der Waals surface area contributed by atoms with Crippen molar-refractivity contribution in [3.63, 3.8) is 0 Å². The van der Waals surface area contributed by atoms with E-state index in [1.54, 1.807) is 0 Å². The van der Waals surface area contributed by atoms with Gasteiger partial charge < -0.3 is 15.3 Å². The Bertz CT molecular complexity index is 195. The van der Waals surface area contributed by atoms with Crippen LogP contribution in [0.15, 0.2) is 0 Å². The van der Waals surface area contributed by atoms with E-state index in [2.05, 4.69) is 17.3 Å². The maximum atomic E-state index is 9.47. The minimum absolute atomic E-state index is 0.0134. The summed E-state index contributed by atoms with van der Waals surface area (Å²) in [4.78, 5) is 2.44. The van der Waals surface area contributed by atoms with Crippen LogP contribution < -0.4 is 5.32 Å². The van der Waals surface area contributed by atoms with Crippen LogP contribution >= 0.6 is 0 Å². The summed E-state index contributed by atoms with van der Waals surface area (Å²) in [5, 5.41) is 13.1. The first kappa shape index (κ1) is 14.3. The highest BCUT2D eigenvalue weighted by Gasteiger charge is 2.19. The lowest BCUT2D eigenvalue weighted by Crippen LogP contribution is -2.33. The number of likely N-dealkylation sites (tertiary alicyclic amines) is 1. The smallest absolute Gasteiger partial charge is 0.0540 e. The van der Waals surface area contributed by atoms with Gasteiger partial charge in [-0.1, -0.05) is 0 Å². The summed E-state index contributed by atoms with van der Waals surface area (Å²) in [6.45, 7) is 4.92. The lowest BCUT2D eigenvalue weighted by Gasteiger charge is -2.29. The van der Waals surface area contributed by atoms with Gasteiger partial charge in [-0.3, -0.25) is 0 Å². The topological polar surface area (TPSA) is 35.5 Å². The third kappa shape index (κ3) is 4.87. The van der Waals surface area contributed by atoms with Gasteiger partial charge in [0.05, 0.1) is 6.10 Å². The van der Waals surface area contributed by atoms with E-state index >= 15 is 0 Å². The summed E-state index contributed by atoms with van der Waals surface area (Å²) in [6, 6.07) is 0. The number of hydrogen-bond donors (Lipinski definition) is 2. The summed E-state index contributed by atoms with van der Waals surface area (Å²) >= 11 is 0. The van der Waals surface area contributed by atoms with Gasteiger partial charge in [-0.05, 0) is 90.0 Å². The number of rotatable bonds is 5. The lowest BCUT2D eigenvalue weighted by atomic mass is 9.87. The first-order valence-electron chi connectivity index (χ1n) is 7.81. The highest BCUT2D eigenvalue weighted by molar-refractivity contribution is 4.74. The van der Waals surface area contributed by atoms with Gasteiger partial charge in [-0.2, -0.15) is 0 Å². The number of piperidine rings is 1. The van der Waals surface area contributed by atoms with Gasteiger partial charge in [0.25, 0.3) is 0 Å². The molecule has 2 N–H and O–H groups in total. The summed E-state index contributed by atoms with van der Waals surface area (Å²) < 4.78 is 0. The fourth-order valence-corrected chi connectivity index (χ4v) is 3.31. The fourth-order valence-electron chi connectivity index (χ4n) is 3.31. The minimum Gasteiger partial charge on any atom is -0.393 e. The second-order valence-corrected chi connectivity index (χ2v) is 6.41. The monoisotopic (exact) mass is 254 g/mol. The molecule has 3 nitrogen and oxygen atoms in total. The molecule has 106 valence electrons. The molecule has 0 atom stereocenters. The normalized spacial score (nSPS) is 31.7. The van der Waals surface area contributed by atoms with Crippen molar-refractivity contribution in [3.05, 3.63) is 0 Å². The van der Waals surface area contributed by atoms with Crippen LogP contribution in [0.2, 0.25) is 0 Å². The second kappa shape index (κ2) is 7.46. The van der Waals surface area contributed by atoms with Crippen molar-refractivity contribution in [2.45, 2.75) is 51.0 Å². The molecule has 0 bridgehead atoms. The average molecular weight is 254 g/mol. The van der Waals surface area contributed by atoms with E-state index in [4.69, 9.17) is 0 Å². The molecule has 0 unspecified atom stereocenters. The molecule has 0 radical (unpaired) electrons. The Morgan fingerprint density at radius 2 is 1.67 bits per heavy atom. The SMILES string of the molecule is CN1CCC(CCNCC2CCC(O)CC2)CC1. The minimum atomic E-state index is -0.0134. The van der Waals surface area contributed by atoms with E-state index in [1.807, 2.05) is 0 Å². The molecule has 1 saturated heterocycles. The number of aliphatic hydroxyl groups is 1. The van der Waals surface area contributed by atoms with Gasteiger partial charge in [0.1, 0.15) is 0 Å². The first-order valence-corrected chi connectivity index (χ1v) is 7.81. The van der Waals surface area contributed by atoms with Crippen molar-refractivity contribution in [2.24, 2.45) is 11.8 Å². The highest BCUT2D eigenvalue weighted by atomic mass is 16.3. The van der Waals surface area contributed by atoms with Crippen LogP contribution in [0.25, 0.3) is 0 Å². The van der Waals surface area contributed by atoms with E-state index in [0.717, 1.165) is 24.7 Å². The number of hydrogen-bond acceptors (Lipinski definition) is 3. The average Bonchev–Trinajstić information content (AvgIpc) is 2.39. The Kier molecular flexibility index (Phi) is 5.93. The first-order chi connectivity index (χ1) is 8.74. The summed E-state index contributed by atoms with van der Waals surface area (Å²) in [5.41, 5.74) is 0. The highest BCUT2D eigenvalue weighted by Crippen LogP contribution is 2.23. The fraction of sp³-hybridized carbons (Fsp3) is 1.00. The van der Waals surface area contributed by atoms with Crippen LogP contribution in [-0.4, -0.2) is 49.3 Å². The van der Waals surface area contributed by atoms with Crippen LogP contribution in [-0.2, 0) is 0 Å². The van der Waals surface area contributed by atoms with Crippen molar-refractivity contribution < 1.29 is 5.11 Å². The summed E-state index contributed by atoms with van der Waals surface area (Å²) in [5.74, 6) is 1.76. The van der Waals surface area contributed by atoms with E-state index in [1.165, 1.54) is 58.3 Å². The Morgan fingerprint density at radius 3 is 2.33 bits per heavy atom. The standard InChI is InChI=1S/C15H30N2O/c1-17-10-7-13(8-11-17)6-9-16-12-14-2-4-15(18)5-3-14/h13-16,18H,2-12H2,1H3. The maximum absolute atomic E-state index is 9.47. The zero-order valence-corrected chi connectivity index (χ0v) is 11.9. The van der Waals surface area contributed by atoms with Crippen LogP contribution in [0.4, 0.5) is 0 Å². The molecule has 2 fully saturated rings. The molecule has 2 rings (SSSR count). The molecule has 1 heterocycles. The van der Waals surface area contributed by atoms with E-state index in [9.17, 15) is 5.11 Å². The number of nitrogens with zero attached hydrogens (tertiary/aromatic N) is 1. The van der Waals surface area contributed by atoms with Crippen LogP contribution in [0.5, 0.6) is 0 Å². The molecule has 0 aromatic rings. The van der Waals surface area contributed by atoms with E-state index in [0.29, 0.717) is 0 Å². The molecule has 1 aliphatic heterocycles. The maximum Gasteiger partial charge on any atom is 0.0540 e. The molecule has 0 aromatic heterocycles. The Labute approximate surface area is 112 Å². The summed E-state index contributed by atoms with van der Waals surface area (Å²) in [6.07, 6.45) is 8.55. The molecule has 0 aromatic carbocycles. The van der Waals surface area contributed by atoms with Crippen molar-refractivity contribution in [1.82, 2.24) is 10.2 Å². The summed E-state index contributed by atoms with van der Waals surface area (Å²) in [7, 11) is 2.23. The Morgan fingerprint density at radius 1 is 1.00 bits per heavy atom. The van der Waals surface area contributed by atoms with Crippen molar-refractivity contribution in [1.29, 1.82) is 0 Å². The van der Waals surface area contributed by atoms with Crippen molar-refractivity contribution in [2.75, 3.05) is 33.2 Å². The third-order valence-corrected chi connectivity index (χ3v) is 4.82. The molecular formula is C15H30N2O. The lowest BCUT2D eigenvalue weighted by molar-refractivity contribution is 0.108. The van der Waals surface area contributed by atoms with Gasteiger partial charge in [0.15, 0.2) is 0 Å². The largest absolute Gasteiger partial charge is 0.393 e. The van der Waals surface area contributed by atoms with Gasteiger partial charge in [-0.25, -0.2) is 0 Å². The molecule has 0 spiro atoms. The molecule has 1 saturated carbocycles. The zero-order valence-electron chi connectivity index (χ0n) is 11.9. The van der Waals surface area contributed by atoms with Crippen LogP contribution in [0.1, 0.15) is 44.9 Å². The Balaban J connectivity index is 1.48. The van der Waals surface area contributed by atoms with Gasteiger partial charge in [-0.15, -0.1) is 0 Å². The predicted octanol–water partition coefficient (Wildman–Crippen LogP) is 1.86. The third-order valence-electron chi connectivity index (χ3n) is 4.82. The molecular weight excluding hydrogens is 224 g/mol. The van der Waals surface area contributed by atoms with Crippen molar-refractivity contribution in [3.8, 4) is 0 Å². The molecule has 1 aliphatic carbocycles. The van der Waals surface area contributed by atoms with E-state index < -0.39 is 0 Å². The molecule has 3 heteroatoms. The zero-order chi connectivity index (χ0) is 12.8. The second-order valence-electron chi connectivity index (χ2n) is 6.41. The number of aliphatic hydroxyl groups excluding tert-OH is 1. The predicted molar refractivity (Wildman–Crippen MR) is 75.7 cm³/mol. The van der Waals surface area contributed by atoms with Crippen LogP contribution in [0.3, 0.4) is 0 Å². The quantitative estimate of drug-likeness (QED) is 0.735. The van der Waals surface area contributed by atoms with Gasteiger partial charge >= 0.3 is 0 Å². The van der Waals surface area contributed by atoms with E-state index in [-0.39, 0.29) is 6.10 Å².